The number of carboxylic acids is 1. The van der Waals surface area contributed by atoms with Crippen molar-refractivity contribution in [2.75, 3.05) is 13.2 Å². The molecule has 0 aromatic heterocycles. The van der Waals surface area contributed by atoms with Gasteiger partial charge in [-0.25, -0.2) is 9.59 Å². The predicted molar refractivity (Wildman–Crippen MR) is 126 cm³/mol. The van der Waals surface area contributed by atoms with Crippen LogP contribution in [-0.2, 0) is 14.3 Å². The molecule has 1 aliphatic rings. The summed E-state index contributed by atoms with van der Waals surface area (Å²) in [6.07, 6.45) is 0.341. The van der Waals surface area contributed by atoms with Gasteiger partial charge in [-0.15, -0.1) is 0 Å². The molecule has 0 saturated heterocycles. The molecule has 2 aromatic carbocycles. The highest BCUT2D eigenvalue weighted by molar-refractivity contribution is 5.91. The molecule has 0 fully saturated rings. The fraction of sp³-hybridized carbons (Fsp3) is 0.423. The van der Waals surface area contributed by atoms with Gasteiger partial charge in [0, 0.05) is 12.5 Å². The van der Waals surface area contributed by atoms with Crippen molar-refractivity contribution in [2.45, 2.75) is 58.0 Å². The van der Waals surface area contributed by atoms with Crippen LogP contribution >= 0.6 is 0 Å². The van der Waals surface area contributed by atoms with Gasteiger partial charge in [0.05, 0.1) is 0 Å². The van der Waals surface area contributed by atoms with Crippen molar-refractivity contribution >= 4 is 18.0 Å². The second-order valence-electron chi connectivity index (χ2n) is 8.76. The first kappa shape index (κ1) is 24.3. The van der Waals surface area contributed by atoms with E-state index in [-0.39, 0.29) is 19.1 Å². The Morgan fingerprint density at radius 3 is 2.06 bits per heavy atom. The first-order chi connectivity index (χ1) is 15.7. The topological polar surface area (TPSA) is 95.9 Å². The van der Waals surface area contributed by atoms with E-state index in [1.54, 1.807) is 6.92 Å². The molecule has 176 valence electrons. The number of alkyl carbamates (subject to hydrolysis) is 1. The highest BCUT2D eigenvalue weighted by Gasteiger charge is 2.40. The number of nitrogens with zero attached hydrogens (tertiary/aromatic N) is 1. The molecule has 7 nitrogen and oxygen atoms in total. The second-order valence-corrected chi connectivity index (χ2v) is 8.76. The first-order valence-corrected chi connectivity index (χ1v) is 11.4. The first-order valence-electron chi connectivity index (χ1n) is 11.4. The van der Waals surface area contributed by atoms with E-state index < -0.39 is 29.6 Å². The van der Waals surface area contributed by atoms with Crippen molar-refractivity contribution in [2.24, 2.45) is 0 Å². The summed E-state index contributed by atoms with van der Waals surface area (Å²) in [6, 6.07) is 15.3. The number of aliphatic carboxylic acids is 1. The maximum Gasteiger partial charge on any atom is 0.407 e. The number of benzene rings is 2. The molecular weight excluding hydrogens is 420 g/mol. The third-order valence-electron chi connectivity index (χ3n) is 6.29. The van der Waals surface area contributed by atoms with E-state index in [1.165, 1.54) is 18.7 Å². The molecule has 33 heavy (non-hydrogen) atoms. The molecule has 0 spiro atoms. The van der Waals surface area contributed by atoms with E-state index in [4.69, 9.17) is 4.74 Å². The van der Waals surface area contributed by atoms with Crippen molar-refractivity contribution in [1.82, 2.24) is 10.2 Å². The highest BCUT2D eigenvalue weighted by atomic mass is 16.5. The Labute approximate surface area is 194 Å². The summed E-state index contributed by atoms with van der Waals surface area (Å²) in [4.78, 5) is 38.8. The molecule has 2 aromatic rings. The van der Waals surface area contributed by atoms with Gasteiger partial charge in [-0.1, -0.05) is 61.9 Å². The fourth-order valence-corrected chi connectivity index (χ4v) is 4.46. The van der Waals surface area contributed by atoms with Gasteiger partial charge in [0.25, 0.3) is 0 Å². The number of hydrogen-bond donors (Lipinski definition) is 2. The van der Waals surface area contributed by atoms with Gasteiger partial charge in [-0.3, -0.25) is 4.79 Å². The third kappa shape index (κ3) is 4.87. The number of ether oxygens (including phenoxy) is 1. The van der Waals surface area contributed by atoms with Crippen molar-refractivity contribution in [3.05, 3.63) is 59.7 Å². The molecule has 3 rings (SSSR count). The average molecular weight is 453 g/mol. The standard InChI is InChI=1S/C26H32N2O5/c1-5-11-22(23(29)28(6-2)26(3,4)24(30)31)27-25(32)33-16-21-19-14-9-7-12-17(19)18-13-8-10-15-20(18)21/h7-10,12-15,21-22H,5-6,11,16H2,1-4H3,(H,27,32)(H,30,31). The van der Waals surface area contributed by atoms with Crippen LogP contribution in [0.3, 0.4) is 0 Å². The smallest absolute Gasteiger partial charge is 0.407 e. The molecule has 1 atom stereocenters. The van der Waals surface area contributed by atoms with Crippen LogP contribution in [0.15, 0.2) is 48.5 Å². The van der Waals surface area contributed by atoms with Gasteiger partial charge in [-0.05, 0) is 49.4 Å². The average Bonchev–Trinajstić information content (AvgIpc) is 3.11. The maximum atomic E-state index is 13.1. The van der Waals surface area contributed by atoms with E-state index in [1.807, 2.05) is 43.3 Å². The van der Waals surface area contributed by atoms with Gasteiger partial charge in [0.15, 0.2) is 0 Å². The van der Waals surface area contributed by atoms with Gasteiger partial charge in [0.2, 0.25) is 5.91 Å². The Morgan fingerprint density at radius 2 is 1.58 bits per heavy atom. The monoisotopic (exact) mass is 452 g/mol. The van der Waals surface area contributed by atoms with E-state index in [9.17, 15) is 19.5 Å². The Kier molecular flexibility index (Phi) is 7.41. The number of rotatable bonds is 9. The van der Waals surface area contributed by atoms with Crippen LogP contribution in [0.4, 0.5) is 4.79 Å². The largest absolute Gasteiger partial charge is 0.480 e. The Morgan fingerprint density at radius 1 is 1.03 bits per heavy atom. The van der Waals surface area contributed by atoms with Gasteiger partial charge < -0.3 is 20.1 Å². The summed E-state index contributed by atoms with van der Waals surface area (Å²) < 4.78 is 5.58. The normalized spacial score (nSPS) is 13.6. The molecule has 0 radical (unpaired) electrons. The van der Waals surface area contributed by atoms with Crippen molar-refractivity contribution < 1.29 is 24.2 Å². The van der Waals surface area contributed by atoms with E-state index >= 15 is 0 Å². The van der Waals surface area contributed by atoms with Gasteiger partial charge >= 0.3 is 12.1 Å². The van der Waals surface area contributed by atoms with Crippen LogP contribution < -0.4 is 5.32 Å². The third-order valence-corrected chi connectivity index (χ3v) is 6.29. The number of nitrogens with one attached hydrogen (secondary N) is 1. The molecule has 2 N–H and O–H groups in total. The lowest BCUT2D eigenvalue weighted by Crippen LogP contribution is -2.58. The fourth-order valence-electron chi connectivity index (χ4n) is 4.46. The zero-order valence-corrected chi connectivity index (χ0v) is 19.6. The second kappa shape index (κ2) is 10.1. The van der Waals surface area contributed by atoms with Crippen LogP contribution in [0.5, 0.6) is 0 Å². The van der Waals surface area contributed by atoms with Crippen LogP contribution in [-0.4, -0.2) is 52.7 Å². The van der Waals surface area contributed by atoms with Gasteiger partial charge in [-0.2, -0.15) is 0 Å². The lowest BCUT2D eigenvalue weighted by Gasteiger charge is -2.36. The lowest BCUT2D eigenvalue weighted by molar-refractivity contribution is -0.157. The zero-order valence-electron chi connectivity index (χ0n) is 19.6. The van der Waals surface area contributed by atoms with Gasteiger partial charge in [0.1, 0.15) is 18.2 Å². The Bertz CT molecular complexity index is 987. The number of amides is 2. The minimum atomic E-state index is -1.39. The van der Waals surface area contributed by atoms with E-state index in [2.05, 4.69) is 17.4 Å². The number of hydrogen-bond acceptors (Lipinski definition) is 4. The SMILES string of the molecule is CCCC(NC(=O)OCC1c2ccccc2-c2ccccc21)C(=O)N(CC)C(C)(C)C(=O)O. The molecule has 0 saturated carbocycles. The summed E-state index contributed by atoms with van der Waals surface area (Å²) in [6.45, 7) is 6.94. The molecule has 0 aliphatic heterocycles. The molecule has 0 heterocycles. The number of carbonyl (C=O) groups excluding carboxylic acids is 2. The van der Waals surface area contributed by atoms with Crippen LogP contribution in [0.1, 0.15) is 57.6 Å². The summed E-state index contributed by atoms with van der Waals surface area (Å²) in [5.74, 6) is -1.61. The molecule has 0 bridgehead atoms. The van der Waals surface area contributed by atoms with E-state index in [0.717, 1.165) is 22.3 Å². The summed E-state index contributed by atoms with van der Waals surface area (Å²) >= 11 is 0. The zero-order chi connectivity index (χ0) is 24.2. The maximum absolute atomic E-state index is 13.1. The number of carbonyl (C=O) groups is 3. The molecule has 1 aliphatic carbocycles. The summed E-state index contributed by atoms with van der Waals surface area (Å²) in [5, 5.41) is 12.2. The molecule has 1 unspecified atom stereocenters. The Balaban J connectivity index is 1.71. The minimum absolute atomic E-state index is 0.0819. The van der Waals surface area contributed by atoms with Crippen LogP contribution in [0.25, 0.3) is 11.1 Å². The van der Waals surface area contributed by atoms with E-state index in [0.29, 0.717) is 12.8 Å². The lowest BCUT2D eigenvalue weighted by atomic mass is 9.98. The van der Waals surface area contributed by atoms with Crippen molar-refractivity contribution in [3.8, 4) is 11.1 Å². The molecular formula is C26H32N2O5. The Hall–Kier alpha value is -3.35. The number of fused-ring (bicyclic) bond motifs is 3. The minimum Gasteiger partial charge on any atom is -0.480 e. The van der Waals surface area contributed by atoms with Crippen molar-refractivity contribution in [1.29, 1.82) is 0 Å². The number of likely N-dealkylation sites (N-methyl/N-ethyl adjacent to an activating group) is 1. The van der Waals surface area contributed by atoms with Crippen LogP contribution in [0, 0.1) is 0 Å². The summed E-state index contributed by atoms with van der Waals surface area (Å²) in [7, 11) is 0. The van der Waals surface area contributed by atoms with Crippen molar-refractivity contribution in [3.63, 3.8) is 0 Å². The highest BCUT2D eigenvalue weighted by Crippen LogP contribution is 2.44. The molecule has 2 amide bonds. The molecule has 7 heteroatoms. The summed E-state index contributed by atoms with van der Waals surface area (Å²) in [5.41, 5.74) is 3.09. The van der Waals surface area contributed by atoms with Crippen LogP contribution in [0.2, 0.25) is 0 Å². The number of carboxylic acid groups (broad SMARTS) is 1. The predicted octanol–water partition coefficient (Wildman–Crippen LogP) is 4.41. The quantitative estimate of drug-likeness (QED) is 0.588.